The van der Waals surface area contributed by atoms with Crippen molar-refractivity contribution >= 4 is 29.8 Å². The lowest BCUT2D eigenvalue weighted by molar-refractivity contribution is -0.319. The van der Waals surface area contributed by atoms with E-state index < -0.39 is 132 Å². The fourth-order valence-corrected chi connectivity index (χ4v) is 9.80. The second kappa shape index (κ2) is 25.0. The van der Waals surface area contributed by atoms with Gasteiger partial charge in [-0.2, -0.15) is 0 Å². The molecule has 20 nitrogen and oxygen atoms in total. The lowest BCUT2D eigenvalue weighted by atomic mass is 9.77. The highest BCUT2D eigenvalue weighted by molar-refractivity contribution is 5.92. The van der Waals surface area contributed by atoms with Gasteiger partial charge in [-0.25, -0.2) is 19.2 Å². The van der Waals surface area contributed by atoms with Crippen molar-refractivity contribution < 1.29 is 86.7 Å². The van der Waals surface area contributed by atoms with Crippen LogP contribution in [0.2, 0.25) is 0 Å². The topological polar surface area (TPSA) is 245 Å². The van der Waals surface area contributed by atoms with Crippen LogP contribution in [0.25, 0.3) is 0 Å². The van der Waals surface area contributed by atoms with Crippen LogP contribution in [0.15, 0.2) is 24.3 Å². The molecule has 0 aromatic carbocycles. The average molecular weight is 973 g/mol. The summed E-state index contributed by atoms with van der Waals surface area (Å²) in [4.78, 5) is 68.1. The molecule has 0 saturated carbocycles. The smallest absolute Gasteiger partial charge is 0.331 e. The van der Waals surface area contributed by atoms with Gasteiger partial charge in [0.05, 0.1) is 56.2 Å². The number of carbonyl (C=O) groups is 5. The first-order chi connectivity index (χ1) is 31.6. The minimum Gasteiger partial charge on any atom is -0.466 e. The van der Waals surface area contributed by atoms with Crippen LogP contribution in [0, 0.1) is 17.8 Å². The number of aliphatic hydroxyl groups is 3. The predicted octanol–water partition coefficient (Wildman–Crippen LogP) is 2.46. The number of aliphatic hydroxyl groups excluding tert-OH is 1. The number of ether oxygens (including phenoxy) is 10. The standard InChI is InChI=1S/C48H80N2O18/c1-17-33-48(10,58)41(55)30(6)50(13)25-26(2)23-46(8,57)42(68-45-40(32(49(11)12)22-27(3)62-45)65-36(53)20-18-34(51)59-14)28(4)39(29(5)44(56)64-33)67-38-24-47(9,61-16)43(31(7)63-38)66-37(54)21-19-35(52)60-15/h18-21,26-33,38-43,45,55,57-58H,17,22-25H2,1-16H3/b20-18+,21-19+/t26-,27-,28+,29-,30-,31+,32+,33-,38+,39+,40-,41-,42-,43+,45+,46-,47-,48-/m1/s1. The summed E-state index contributed by atoms with van der Waals surface area (Å²) < 4.78 is 59.6. The van der Waals surface area contributed by atoms with Crippen LogP contribution in [0.4, 0.5) is 0 Å². The van der Waals surface area contributed by atoms with Gasteiger partial charge >= 0.3 is 29.8 Å². The maximum Gasteiger partial charge on any atom is 0.331 e. The van der Waals surface area contributed by atoms with Crippen molar-refractivity contribution in [3.05, 3.63) is 24.3 Å². The first-order valence-electron chi connectivity index (χ1n) is 23.4. The molecule has 3 saturated heterocycles. The Morgan fingerprint density at radius 1 is 0.809 bits per heavy atom. The molecule has 390 valence electrons. The van der Waals surface area contributed by atoms with E-state index in [1.54, 1.807) is 55.5 Å². The highest BCUT2D eigenvalue weighted by Crippen LogP contribution is 2.41. The summed E-state index contributed by atoms with van der Waals surface area (Å²) in [6, 6.07) is -1.10. The molecule has 20 heteroatoms. The van der Waals surface area contributed by atoms with Crippen LogP contribution in [-0.4, -0.2) is 194 Å². The zero-order chi connectivity index (χ0) is 51.6. The molecule has 3 fully saturated rings. The first kappa shape index (κ1) is 58.7. The van der Waals surface area contributed by atoms with Crippen molar-refractivity contribution in [3.63, 3.8) is 0 Å². The minimum absolute atomic E-state index is 0.0516. The summed E-state index contributed by atoms with van der Waals surface area (Å²) in [5.74, 6) is -6.46. The maximum absolute atomic E-state index is 14.6. The summed E-state index contributed by atoms with van der Waals surface area (Å²) in [6.45, 7) is 17.3. The Morgan fingerprint density at radius 3 is 1.90 bits per heavy atom. The number of hydrogen-bond acceptors (Lipinski definition) is 20. The van der Waals surface area contributed by atoms with E-state index >= 15 is 0 Å². The van der Waals surface area contributed by atoms with E-state index in [0.717, 1.165) is 24.3 Å². The third-order valence-corrected chi connectivity index (χ3v) is 13.7. The quantitative estimate of drug-likeness (QED) is 0.136. The molecular formula is C48H80N2O18. The molecule has 0 amide bonds. The average Bonchev–Trinajstić information content (AvgIpc) is 3.27. The molecule has 0 unspecified atom stereocenters. The predicted molar refractivity (Wildman–Crippen MR) is 244 cm³/mol. The lowest BCUT2D eigenvalue weighted by Gasteiger charge is -2.49. The van der Waals surface area contributed by atoms with E-state index in [2.05, 4.69) is 9.47 Å². The monoisotopic (exact) mass is 973 g/mol. The highest BCUT2D eigenvalue weighted by atomic mass is 16.7. The summed E-state index contributed by atoms with van der Waals surface area (Å²) in [6.07, 6.45) is -6.60. The van der Waals surface area contributed by atoms with Gasteiger partial charge in [-0.05, 0) is 94.8 Å². The minimum atomic E-state index is -1.91. The molecule has 68 heavy (non-hydrogen) atoms. The molecule has 0 spiro atoms. The van der Waals surface area contributed by atoms with E-state index in [0.29, 0.717) is 13.0 Å². The zero-order valence-electron chi connectivity index (χ0n) is 42.9. The molecule has 3 aliphatic heterocycles. The molecule has 3 rings (SSSR count). The molecule has 0 aliphatic carbocycles. The van der Waals surface area contributed by atoms with Gasteiger partial charge in [0.1, 0.15) is 23.4 Å². The molecule has 0 aromatic heterocycles. The zero-order valence-corrected chi connectivity index (χ0v) is 42.9. The molecule has 0 aromatic rings. The van der Waals surface area contributed by atoms with Gasteiger partial charge in [-0.1, -0.05) is 20.8 Å². The molecule has 18 atom stereocenters. The largest absolute Gasteiger partial charge is 0.466 e. The fourth-order valence-electron chi connectivity index (χ4n) is 9.80. The van der Waals surface area contributed by atoms with Crippen LogP contribution in [0.3, 0.4) is 0 Å². The maximum atomic E-state index is 14.6. The Morgan fingerprint density at radius 2 is 1.37 bits per heavy atom. The van der Waals surface area contributed by atoms with Crippen LogP contribution in [-0.2, 0) is 71.3 Å². The molecule has 3 heterocycles. The number of esters is 5. The molecule has 3 aliphatic rings. The van der Waals surface area contributed by atoms with Gasteiger partial charge in [0.2, 0.25) is 0 Å². The Kier molecular flexibility index (Phi) is 21.6. The Hall–Kier alpha value is -3.57. The van der Waals surface area contributed by atoms with E-state index in [1.807, 2.05) is 37.7 Å². The van der Waals surface area contributed by atoms with Crippen molar-refractivity contribution in [2.45, 2.75) is 185 Å². The van der Waals surface area contributed by atoms with Gasteiger partial charge in [0, 0.05) is 56.3 Å². The number of rotatable bonds is 13. The number of likely N-dealkylation sites (N-methyl/N-ethyl adjacent to an activating group) is 2. The van der Waals surface area contributed by atoms with E-state index in [1.165, 1.54) is 28.3 Å². The summed E-state index contributed by atoms with van der Waals surface area (Å²) in [5, 5.41) is 36.5. The highest BCUT2D eigenvalue weighted by Gasteiger charge is 2.54. The summed E-state index contributed by atoms with van der Waals surface area (Å²) >= 11 is 0. The van der Waals surface area contributed by atoms with Gasteiger partial charge < -0.3 is 72.5 Å². The van der Waals surface area contributed by atoms with Crippen molar-refractivity contribution in [2.24, 2.45) is 17.8 Å². The van der Waals surface area contributed by atoms with Crippen LogP contribution in [0.1, 0.15) is 94.9 Å². The SMILES string of the molecule is CC[C@H]1OC(=O)[C@H](C)[C@@H](O[C@H]2C[C@@](C)(OC)[C@@H](OC(=O)/C=C/C(=O)OC)[C@H](C)O2)[C@H](C)[C@@H](O[C@@H]2O[C@H](C)C[C@H](N(C)C)[C@H]2OC(=O)/C=C/C(=O)OC)[C@](C)(O)C[C@@H](C)CN(C)[C@H](C)[C@@H](O)[C@]1(C)O. The van der Waals surface area contributed by atoms with Crippen LogP contribution >= 0.6 is 0 Å². The summed E-state index contributed by atoms with van der Waals surface area (Å²) in [7, 11) is 9.19. The molecule has 0 bridgehead atoms. The van der Waals surface area contributed by atoms with Gasteiger partial charge in [-0.3, -0.25) is 4.79 Å². The third-order valence-electron chi connectivity index (χ3n) is 13.7. The van der Waals surface area contributed by atoms with E-state index in [-0.39, 0.29) is 25.2 Å². The van der Waals surface area contributed by atoms with Gasteiger partial charge in [-0.15, -0.1) is 0 Å². The Bertz CT molecular complexity index is 1760. The van der Waals surface area contributed by atoms with Gasteiger partial charge in [0.25, 0.3) is 0 Å². The number of cyclic esters (lactones) is 1. The van der Waals surface area contributed by atoms with Crippen molar-refractivity contribution in [1.82, 2.24) is 9.80 Å². The van der Waals surface area contributed by atoms with Crippen LogP contribution < -0.4 is 0 Å². The van der Waals surface area contributed by atoms with Crippen LogP contribution in [0.5, 0.6) is 0 Å². The number of carbonyl (C=O) groups excluding carboxylic acids is 5. The van der Waals surface area contributed by atoms with E-state index in [9.17, 15) is 39.3 Å². The number of nitrogens with zero attached hydrogens (tertiary/aromatic N) is 2. The van der Waals surface area contributed by atoms with Crippen molar-refractivity contribution in [3.8, 4) is 0 Å². The summed E-state index contributed by atoms with van der Waals surface area (Å²) in [5.41, 5.74) is -4.91. The normalized spacial score (nSPS) is 40.5. The lowest BCUT2D eigenvalue weighted by Crippen LogP contribution is -2.61. The second-order valence-corrected chi connectivity index (χ2v) is 19.7. The van der Waals surface area contributed by atoms with Crippen molar-refractivity contribution in [1.29, 1.82) is 0 Å². The van der Waals surface area contributed by atoms with E-state index in [4.69, 9.17) is 37.9 Å². The molecule has 3 N–H and O–H groups in total. The first-order valence-corrected chi connectivity index (χ1v) is 23.4. The Balaban J connectivity index is 2.24. The Labute approximate surface area is 401 Å². The third kappa shape index (κ3) is 15.0. The van der Waals surface area contributed by atoms with Crippen molar-refractivity contribution in [2.75, 3.05) is 49.0 Å². The fraction of sp³-hybridized carbons (Fsp3) is 0.812. The number of hydrogen-bond donors (Lipinski definition) is 3. The molecule has 0 radical (unpaired) electrons. The molecular weight excluding hydrogens is 893 g/mol. The number of methoxy groups -OCH3 is 3. The van der Waals surface area contributed by atoms with Gasteiger partial charge in [0.15, 0.2) is 24.8 Å². The second-order valence-electron chi connectivity index (χ2n) is 19.7.